The van der Waals surface area contributed by atoms with Crippen molar-refractivity contribution in [3.05, 3.63) is 59.1 Å². The Bertz CT molecular complexity index is 870. The Morgan fingerprint density at radius 3 is 2.83 bits per heavy atom. The third-order valence-electron chi connectivity index (χ3n) is 4.71. The molecule has 0 radical (unpaired) electrons. The summed E-state index contributed by atoms with van der Waals surface area (Å²) in [5, 5.41) is 10.4. The van der Waals surface area contributed by atoms with Gasteiger partial charge in [-0.3, -0.25) is 4.79 Å². The Labute approximate surface area is 177 Å². The molecule has 0 saturated carbocycles. The Balaban J connectivity index is 1.60. The SMILES string of the molecule is CCNC(=NCc1cccc(NC(C)=O)c1)NC1CCN(c2cccc(Cl)c2)C1. The second-order valence-electron chi connectivity index (χ2n) is 7.13. The molecule has 3 N–H and O–H groups in total. The molecule has 3 rings (SSSR count). The molecule has 0 spiro atoms. The molecule has 0 aromatic heterocycles. The van der Waals surface area contributed by atoms with Crippen molar-refractivity contribution in [1.82, 2.24) is 10.6 Å². The Kier molecular flexibility index (Phi) is 7.36. The number of aliphatic imine (C=N–C) groups is 1. The van der Waals surface area contributed by atoms with E-state index < -0.39 is 0 Å². The lowest BCUT2D eigenvalue weighted by Crippen LogP contribution is -2.44. The van der Waals surface area contributed by atoms with Gasteiger partial charge in [0.05, 0.1) is 6.54 Å². The van der Waals surface area contributed by atoms with Gasteiger partial charge in [-0.2, -0.15) is 0 Å². The highest BCUT2D eigenvalue weighted by Gasteiger charge is 2.23. The fraction of sp³-hybridized carbons (Fsp3) is 0.364. The van der Waals surface area contributed by atoms with Gasteiger partial charge in [0.2, 0.25) is 5.91 Å². The highest BCUT2D eigenvalue weighted by Crippen LogP contribution is 2.23. The zero-order chi connectivity index (χ0) is 20.6. The molecule has 1 saturated heterocycles. The number of carbonyl (C=O) groups is 1. The van der Waals surface area contributed by atoms with E-state index in [0.29, 0.717) is 12.6 Å². The van der Waals surface area contributed by atoms with Gasteiger partial charge >= 0.3 is 0 Å². The molecule has 1 aliphatic rings. The van der Waals surface area contributed by atoms with Crippen LogP contribution in [-0.4, -0.2) is 37.5 Å². The van der Waals surface area contributed by atoms with Gasteiger partial charge in [0.1, 0.15) is 0 Å². The normalized spacial score (nSPS) is 16.6. The van der Waals surface area contributed by atoms with Crippen molar-refractivity contribution in [1.29, 1.82) is 0 Å². The smallest absolute Gasteiger partial charge is 0.221 e. The number of anilines is 2. The van der Waals surface area contributed by atoms with Gasteiger partial charge in [-0.1, -0.05) is 29.8 Å². The molecule has 7 heteroatoms. The van der Waals surface area contributed by atoms with Crippen molar-refractivity contribution in [2.24, 2.45) is 4.99 Å². The van der Waals surface area contributed by atoms with Crippen molar-refractivity contribution in [2.45, 2.75) is 32.9 Å². The first kappa shape index (κ1) is 21.0. The molecule has 2 aromatic carbocycles. The van der Waals surface area contributed by atoms with Crippen LogP contribution in [0.4, 0.5) is 11.4 Å². The molecule has 1 heterocycles. The topological polar surface area (TPSA) is 68.8 Å². The number of hydrogen-bond donors (Lipinski definition) is 3. The third kappa shape index (κ3) is 6.39. The van der Waals surface area contributed by atoms with Gasteiger partial charge in [-0.05, 0) is 49.2 Å². The van der Waals surface area contributed by atoms with Crippen molar-refractivity contribution in [3.8, 4) is 0 Å². The molecular formula is C22H28ClN5O. The molecule has 29 heavy (non-hydrogen) atoms. The van der Waals surface area contributed by atoms with Crippen LogP contribution in [0.25, 0.3) is 0 Å². The fourth-order valence-electron chi connectivity index (χ4n) is 3.42. The lowest BCUT2D eigenvalue weighted by Gasteiger charge is -2.20. The summed E-state index contributed by atoms with van der Waals surface area (Å²) >= 11 is 6.13. The second kappa shape index (κ2) is 10.2. The lowest BCUT2D eigenvalue weighted by molar-refractivity contribution is -0.114. The van der Waals surface area contributed by atoms with Gasteiger partial charge in [0.25, 0.3) is 0 Å². The summed E-state index contributed by atoms with van der Waals surface area (Å²) in [6, 6.07) is 16.1. The minimum absolute atomic E-state index is 0.0776. The number of rotatable bonds is 6. The predicted molar refractivity (Wildman–Crippen MR) is 121 cm³/mol. The van der Waals surface area contributed by atoms with Gasteiger partial charge in [0.15, 0.2) is 5.96 Å². The molecule has 154 valence electrons. The minimum Gasteiger partial charge on any atom is -0.369 e. The van der Waals surface area contributed by atoms with E-state index in [1.807, 2.05) is 42.5 Å². The van der Waals surface area contributed by atoms with E-state index >= 15 is 0 Å². The van der Waals surface area contributed by atoms with Crippen molar-refractivity contribution < 1.29 is 4.79 Å². The zero-order valence-corrected chi connectivity index (χ0v) is 17.7. The van der Waals surface area contributed by atoms with Crippen LogP contribution in [-0.2, 0) is 11.3 Å². The molecule has 1 amide bonds. The number of hydrogen-bond acceptors (Lipinski definition) is 3. The maximum Gasteiger partial charge on any atom is 0.221 e. The minimum atomic E-state index is -0.0776. The lowest BCUT2D eigenvalue weighted by atomic mass is 10.2. The first-order chi connectivity index (χ1) is 14.0. The van der Waals surface area contributed by atoms with E-state index in [0.717, 1.165) is 54.0 Å². The van der Waals surface area contributed by atoms with Crippen molar-refractivity contribution in [2.75, 3.05) is 29.9 Å². The maximum absolute atomic E-state index is 11.2. The Morgan fingerprint density at radius 1 is 1.24 bits per heavy atom. The number of guanidine groups is 1. The van der Waals surface area contributed by atoms with Crippen LogP contribution < -0.4 is 20.9 Å². The summed E-state index contributed by atoms with van der Waals surface area (Å²) in [5.41, 5.74) is 2.98. The summed E-state index contributed by atoms with van der Waals surface area (Å²) in [4.78, 5) is 18.3. The summed E-state index contributed by atoms with van der Waals surface area (Å²) in [6.45, 7) is 6.78. The van der Waals surface area contributed by atoms with Crippen LogP contribution in [0.5, 0.6) is 0 Å². The number of amides is 1. The van der Waals surface area contributed by atoms with Crippen molar-refractivity contribution >= 4 is 34.8 Å². The van der Waals surface area contributed by atoms with Crippen LogP contribution in [0.1, 0.15) is 25.8 Å². The molecule has 2 aromatic rings. The van der Waals surface area contributed by atoms with Crippen LogP contribution in [0.2, 0.25) is 5.02 Å². The Hall–Kier alpha value is -2.73. The van der Waals surface area contributed by atoms with E-state index in [9.17, 15) is 4.79 Å². The van der Waals surface area contributed by atoms with E-state index in [4.69, 9.17) is 16.6 Å². The van der Waals surface area contributed by atoms with E-state index in [1.165, 1.54) is 6.92 Å². The zero-order valence-electron chi connectivity index (χ0n) is 16.9. The van der Waals surface area contributed by atoms with Crippen LogP contribution in [0.15, 0.2) is 53.5 Å². The first-order valence-corrected chi connectivity index (χ1v) is 10.3. The molecule has 6 nitrogen and oxygen atoms in total. The summed E-state index contributed by atoms with van der Waals surface area (Å²) in [7, 11) is 0. The quantitative estimate of drug-likeness (QED) is 0.499. The maximum atomic E-state index is 11.2. The predicted octanol–water partition coefficient (Wildman–Crippen LogP) is 3.63. The fourth-order valence-corrected chi connectivity index (χ4v) is 3.60. The first-order valence-electron chi connectivity index (χ1n) is 9.95. The largest absolute Gasteiger partial charge is 0.369 e. The number of nitrogens with one attached hydrogen (secondary N) is 3. The highest BCUT2D eigenvalue weighted by atomic mass is 35.5. The Morgan fingerprint density at radius 2 is 2.07 bits per heavy atom. The average Bonchev–Trinajstić information content (AvgIpc) is 3.15. The molecule has 1 fully saturated rings. The third-order valence-corrected chi connectivity index (χ3v) is 4.95. The van der Waals surface area contributed by atoms with Gasteiger partial charge in [-0.25, -0.2) is 4.99 Å². The number of halogens is 1. The van der Waals surface area contributed by atoms with Crippen LogP contribution in [0, 0.1) is 0 Å². The molecule has 1 aliphatic heterocycles. The standard InChI is InChI=1S/C22H28ClN5O/c1-3-24-22(25-14-17-6-4-8-19(12-17)26-16(2)29)27-20-10-11-28(15-20)21-9-5-7-18(23)13-21/h4-9,12-13,20H,3,10-11,14-15H2,1-2H3,(H,26,29)(H2,24,25,27). The van der Waals surface area contributed by atoms with E-state index in [-0.39, 0.29) is 5.91 Å². The summed E-state index contributed by atoms with van der Waals surface area (Å²) < 4.78 is 0. The van der Waals surface area contributed by atoms with Crippen LogP contribution >= 0.6 is 11.6 Å². The molecule has 1 unspecified atom stereocenters. The van der Waals surface area contributed by atoms with Gasteiger partial charge < -0.3 is 20.9 Å². The number of nitrogens with zero attached hydrogens (tertiary/aromatic N) is 2. The molecule has 0 aliphatic carbocycles. The molecular weight excluding hydrogens is 386 g/mol. The molecule has 1 atom stereocenters. The van der Waals surface area contributed by atoms with E-state index in [1.54, 1.807) is 0 Å². The highest BCUT2D eigenvalue weighted by molar-refractivity contribution is 6.30. The van der Waals surface area contributed by atoms with E-state index in [2.05, 4.69) is 33.8 Å². The number of carbonyl (C=O) groups excluding carboxylic acids is 1. The van der Waals surface area contributed by atoms with Crippen molar-refractivity contribution in [3.63, 3.8) is 0 Å². The average molecular weight is 414 g/mol. The second-order valence-corrected chi connectivity index (χ2v) is 7.57. The van der Waals surface area contributed by atoms with Crippen LogP contribution in [0.3, 0.4) is 0 Å². The summed E-state index contributed by atoms with van der Waals surface area (Å²) in [6.07, 6.45) is 1.04. The summed E-state index contributed by atoms with van der Waals surface area (Å²) in [5.74, 6) is 0.724. The monoisotopic (exact) mass is 413 g/mol. The molecule has 0 bridgehead atoms. The van der Waals surface area contributed by atoms with Gasteiger partial charge in [-0.15, -0.1) is 0 Å². The van der Waals surface area contributed by atoms with Gasteiger partial charge in [0, 0.05) is 49.0 Å². The number of benzene rings is 2.